The van der Waals surface area contributed by atoms with Crippen molar-refractivity contribution in [3.05, 3.63) is 0 Å². The van der Waals surface area contributed by atoms with Crippen LogP contribution in [0.25, 0.3) is 0 Å². The first kappa shape index (κ1) is 13.4. The summed E-state index contributed by atoms with van der Waals surface area (Å²) in [5.41, 5.74) is -0.557. The van der Waals surface area contributed by atoms with E-state index in [-0.39, 0.29) is 12.1 Å². The van der Waals surface area contributed by atoms with Gasteiger partial charge in [0.1, 0.15) is 5.54 Å². The van der Waals surface area contributed by atoms with Crippen LogP contribution >= 0.6 is 0 Å². The van der Waals surface area contributed by atoms with Crippen LogP contribution < -0.4 is 5.32 Å². The summed E-state index contributed by atoms with van der Waals surface area (Å²) in [5, 5.41) is 3.04. The van der Waals surface area contributed by atoms with Crippen molar-refractivity contribution in [2.45, 2.75) is 52.7 Å². The second kappa shape index (κ2) is 5.35. The van der Waals surface area contributed by atoms with Gasteiger partial charge in [-0.3, -0.25) is 4.79 Å². The van der Waals surface area contributed by atoms with E-state index in [2.05, 4.69) is 19.2 Å². The fraction of sp³-hybridized carbons (Fsp3) is 0.909. The lowest BCUT2D eigenvalue weighted by atomic mass is 9.91. The van der Waals surface area contributed by atoms with Crippen molar-refractivity contribution < 1.29 is 9.53 Å². The van der Waals surface area contributed by atoms with Gasteiger partial charge in [0.15, 0.2) is 0 Å². The fourth-order valence-electron chi connectivity index (χ4n) is 1.45. The molecule has 0 saturated heterocycles. The molecule has 3 heteroatoms. The Kier molecular flexibility index (Phi) is 5.13. The van der Waals surface area contributed by atoms with Gasteiger partial charge in [0.05, 0.1) is 6.10 Å². The highest BCUT2D eigenvalue weighted by Gasteiger charge is 2.34. The van der Waals surface area contributed by atoms with E-state index in [0.717, 1.165) is 6.42 Å². The van der Waals surface area contributed by atoms with Gasteiger partial charge in [0.2, 0.25) is 0 Å². The van der Waals surface area contributed by atoms with Gasteiger partial charge in [-0.2, -0.15) is 0 Å². The molecule has 3 nitrogen and oxygen atoms in total. The second-order valence-electron chi connectivity index (χ2n) is 4.63. The molecule has 0 aromatic carbocycles. The number of ether oxygens (including phenoxy) is 1. The van der Waals surface area contributed by atoms with Gasteiger partial charge < -0.3 is 10.1 Å². The van der Waals surface area contributed by atoms with E-state index in [1.165, 1.54) is 0 Å². The van der Waals surface area contributed by atoms with Gasteiger partial charge in [0, 0.05) is 0 Å². The fourth-order valence-corrected chi connectivity index (χ4v) is 1.45. The molecule has 0 aliphatic carbocycles. The van der Waals surface area contributed by atoms with Crippen molar-refractivity contribution in [2.75, 3.05) is 7.05 Å². The number of rotatable bonds is 5. The molecule has 1 N–H and O–H groups in total. The molecule has 0 fully saturated rings. The molecule has 0 aliphatic rings. The van der Waals surface area contributed by atoms with Gasteiger partial charge in [-0.15, -0.1) is 0 Å². The average Bonchev–Trinajstić information content (AvgIpc) is 2.01. The number of esters is 1. The molecule has 0 aliphatic heterocycles. The Morgan fingerprint density at radius 1 is 1.36 bits per heavy atom. The highest BCUT2D eigenvalue weighted by atomic mass is 16.5. The molecule has 0 radical (unpaired) electrons. The molecular weight excluding hydrogens is 178 g/mol. The Hall–Kier alpha value is -0.570. The van der Waals surface area contributed by atoms with Crippen LogP contribution in [0.15, 0.2) is 0 Å². The Bertz CT molecular complexity index is 190. The van der Waals surface area contributed by atoms with Crippen molar-refractivity contribution in [2.24, 2.45) is 5.92 Å². The van der Waals surface area contributed by atoms with Gasteiger partial charge in [-0.05, 0) is 40.2 Å². The molecule has 0 aromatic rings. The summed E-state index contributed by atoms with van der Waals surface area (Å²) >= 11 is 0. The van der Waals surface area contributed by atoms with Gasteiger partial charge in [0.25, 0.3) is 0 Å². The Morgan fingerprint density at radius 2 is 1.86 bits per heavy atom. The van der Waals surface area contributed by atoms with Crippen LogP contribution in [0.4, 0.5) is 0 Å². The Labute approximate surface area is 87.2 Å². The number of carbonyl (C=O) groups excluding carboxylic acids is 1. The minimum absolute atomic E-state index is 0.0534. The summed E-state index contributed by atoms with van der Waals surface area (Å²) in [7, 11) is 1.80. The summed E-state index contributed by atoms with van der Waals surface area (Å²) in [4.78, 5) is 11.8. The molecule has 14 heavy (non-hydrogen) atoms. The molecule has 0 unspecified atom stereocenters. The van der Waals surface area contributed by atoms with E-state index in [0.29, 0.717) is 5.92 Å². The zero-order chi connectivity index (χ0) is 11.4. The maximum absolute atomic E-state index is 11.8. The lowest BCUT2D eigenvalue weighted by molar-refractivity contribution is -0.155. The Morgan fingerprint density at radius 3 is 2.14 bits per heavy atom. The predicted molar refractivity (Wildman–Crippen MR) is 58.1 cm³/mol. The summed E-state index contributed by atoms with van der Waals surface area (Å²) in [6.45, 7) is 9.81. The molecule has 0 bridgehead atoms. The number of likely N-dealkylation sites (N-methyl/N-ethyl adjacent to an activating group) is 1. The standard InChI is InChI=1S/C11H23NO2/c1-8(2)7-11(5,12-6)10(13)14-9(3)4/h8-9,12H,7H2,1-6H3/t11-/m0/s1. The van der Waals surface area contributed by atoms with Crippen LogP contribution in [-0.2, 0) is 9.53 Å². The third kappa shape index (κ3) is 4.09. The number of hydrogen-bond acceptors (Lipinski definition) is 3. The highest BCUT2D eigenvalue weighted by molar-refractivity contribution is 5.80. The van der Waals surface area contributed by atoms with E-state index < -0.39 is 5.54 Å². The molecule has 0 heterocycles. The van der Waals surface area contributed by atoms with Crippen molar-refractivity contribution in [3.63, 3.8) is 0 Å². The zero-order valence-electron chi connectivity index (χ0n) is 10.2. The predicted octanol–water partition coefficient (Wildman–Crippen LogP) is 1.96. The van der Waals surface area contributed by atoms with Crippen molar-refractivity contribution in [1.29, 1.82) is 0 Å². The lowest BCUT2D eigenvalue weighted by Crippen LogP contribution is -2.50. The maximum Gasteiger partial charge on any atom is 0.326 e. The topological polar surface area (TPSA) is 38.3 Å². The van der Waals surface area contributed by atoms with Crippen molar-refractivity contribution in [3.8, 4) is 0 Å². The van der Waals surface area contributed by atoms with Crippen LogP contribution in [0.5, 0.6) is 0 Å². The van der Waals surface area contributed by atoms with Gasteiger partial charge >= 0.3 is 5.97 Å². The SMILES string of the molecule is CN[C@@](C)(CC(C)C)C(=O)OC(C)C. The molecule has 84 valence electrons. The molecule has 0 rings (SSSR count). The van der Waals surface area contributed by atoms with Crippen LogP contribution in [-0.4, -0.2) is 24.7 Å². The average molecular weight is 201 g/mol. The van der Waals surface area contributed by atoms with Gasteiger partial charge in [-0.1, -0.05) is 13.8 Å². The number of carbonyl (C=O) groups is 1. The summed E-state index contributed by atoms with van der Waals surface area (Å²) in [6.07, 6.45) is 0.733. The minimum atomic E-state index is -0.557. The first-order valence-electron chi connectivity index (χ1n) is 5.22. The highest BCUT2D eigenvalue weighted by Crippen LogP contribution is 2.18. The van der Waals surface area contributed by atoms with Crippen LogP contribution in [0, 0.1) is 5.92 Å². The van der Waals surface area contributed by atoms with E-state index in [1.807, 2.05) is 20.8 Å². The molecule has 1 atom stereocenters. The largest absolute Gasteiger partial charge is 0.462 e. The summed E-state index contributed by atoms with van der Waals surface area (Å²) < 4.78 is 5.21. The molecule has 0 spiro atoms. The van der Waals surface area contributed by atoms with Crippen molar-refractivity contribution >= 4 is 5.97 Å². The normalized spacial score (nSPS) is 15.7. The molecule has 0 aromatic heterocycles. The van der Waals surface area contributed by atoms with E-state index >= 15 is 0 Å². The zero-order valence-corrected chi connectivity index (χ0v) is 10.2. The molecular formula is C11H23NO2. The third-order valence-corrected chi connectivity index (χ3v) is 2.16. The number of nitrogens with one attached hydrogen (secondary N) is 1. The monoisotopic (exact) mass is 201 g/mol. The minimum Gasteiger partial charge on any atom is -0.462 e. The van der Waals surface area contributed by atoms with E-state index in [1.54, 1.807) is 7.05 Å². The van der Waals surface area contributed by atoms with E-state index in [4.69, 9.17) is 4.74 Å². The lowest BCUT2D eigenvalue weighted by Gasteiger charge is -2.29. The first-order valence-corrected chi connectivity index (χ1v) is 5.22. The molecule has 0 amide bonds. The van der Waals surface area contributed by atoms with E-state index in [9.17, 15) is 4.79 Å². The second-order valence-corrected chi connectivity index (χ2v) is 4.63. The van der Waals surface area contributed by atoms with Crippen LogP contribution in [0.2, 0.25) is 0 Å². The maximum atomic E-state index is 11.8. The third-order valence-electron chi connectivity index (χ3n) is 2.16. The smallest absolute Gasteiger partial charge is 0.326 e. The summed E-state index contributed by atoms with van der Waals surface area (Å²) in [6, 6.07) is 0. The van der Waals surface area contributed by atoms with Crippen molar-refractivity contribution in [1.82, 2.24) is 5.32 Å². The molecule has 0 saturated carbocycles. The first-order chi connectivity index (χ1) is 6.31. The number of hydrogen-bond donors (Lipinski definition) is 1. The van der Waals surface area contributed by atoms with Crippen LogP contribution in [0.1, 0.15) is 41.0 Å². The quantitative estimate of drug-likeness (QED) is 0.691. The van der Waals surface area contributed by atoms with Gasteiger partial charge in [-0.25, -0.2) is 0 Å². The summed E-state index contributed by atoms with van der Waals surface area (Å²) in [5.74, 6) is 0.302. The van der Waals surface area contributed by atoms with Crippen LogP contribution in [0.3, 0.4) is 0 Å². The Balaban J connectivity index is 4.43.